The average molecular weight is 413 g/mol. The number of piperidine rings is 2. The van der Waals surface area contributed by atoms with Crippen LogP contribution in [-0.2, 0) is 27.3 Å². The number of carboxylic acids is 1. The molecule has 2 fully saturated rings. The summed E-state index contributed by atoms with van der Waals surface area (Å²) in [4.78, 5) is 50.7. The molecule has 0 aromatic heterocycles. The fourth-order valence-corrected chi connectivity index (χ4v) is 4.78. The summed E-state index contributed by atoms with van der Waals surface area (Å²) < 4.78 is 0. The van der Waals surface area contributed by atoms with Crippen molar-refractivity contribution in [2.45, 2.75) is 51.1 Å². The van der Waals surface area contributed by atoms with E-state index in [-0.39, 0.29) is 30.7 Å². The molecule has 3 aliphatic rings. The summed E-state index contributed by atoms with van der Waals surface area (Å²) in [6.07, 6.45) is 4.62. The number of imide groups is 1. The molecule has 0 aliphatic carbocycles. The summed E-state index contributed by atoms with van der Waals surface area (Å²) in [7, 11) is 0. The van der Waals surface area contributed by atoms with E-state index in [9.17, 15) is 19.2 Å². The maximum absolute atomic E-state index is 12.8. The molecule has 1 aromatic carbocycles. The van der Waals surface area contributed by atoms with Crippen molar-refractivity contribution in [3.05, 3.63) is 34.9 Å². The first-order valence-electron chi connectivity index (χ1n) is 10.6. The quantitative estimate of drug-likeness (QED) is 0.678. The van der Waals surface area contributed by atoms with Crippen LogP contribution in [0.25, 0.3) is 0 Å². The Kier molecular flexibility index (Phi) is 5.85. The second kappa shape index (κ2) is 8.55. The summed E-state index contributed by atoms with van der Waals surface area (Å²) in [6.45, 7) is 2.18. The van der Waals surface area contributed by atoms with Gasteiger partial charge >= 0.3 is 5.97 Å². The Morgan fingerprint density at radius 1 is 1.13 bits per heavy atom. The SMILES string of the molecule is O=C(O)CN1CCC(CCc2ccc3c(c2)CN(C2CCC(=O)NC2=O)C3=O)CC1. The number of rotatable bonds is 6. The van der Waals surface area contributed by atoms with Crippen molar-refractivity contribution in [2.24, 2.45) is 5.92 Å². The van der Waals surface area contributed by atoms with Gasteiger partial charge in [0, 0.05) is 18.5 Å². The molecule has 3 amide bonds. The second-order valence-corrected chi connectivity index (χ2v) is 8.54. The van der Waals surface area contributed by atoms with Crippen molar-refractivity contribution in [1.29, 1.82) is 0 Å². The van der Waals surface area contributed by atoms with Crippen molar-refractivity contribution in [3.8, 4) is 0 Å². The van der Waals surface area contributed by atoms with Crippen LogP contribution in [0.15, 0.2) is 18.2 Å². The van der Waals surface area contributed by atoms with E-state index in [2.05, 4.69) is 11.4 Å². The van der Waals surface area contributed by atoms with Gasteiger partial charge in [-0.3, -0.25) is 29.4 Å². The summed E-state index contributed by atoms with van der Waals surface area (Å²) >= 11 is 0. The Bertz CT molecular complexity index is 876. The number of likely N-dealkylation sites (tertiary alicyclic amines) is 1. The number of aryl methyl sites for hydroxylation is 1. The molecule has 3 aliphatic heterocycles. The van der Waals surface area contributed by atoms with Gasteiger partial charge in [0.05, 0.1) is 6.54 Å². The van der Waals surface area contributed by atoms with E-state index in [4.69, 9.17) is 5.11 Å². The number of amides is 3. The third-order valence-electron chi connectivity index (χ3n) is 6.50. The minimum Gasteiger partial charge on any atom is -0.480 e. The van der Waals surface area contributed by atoms with Crippen LogP contribution < -0.4 is 5.32 Å². The molecule has 160 valence electrons. The van der Waals surface area contributed by atoms with Crippen LogP contribution in [0.5, 0.6) is 0 Å². The molecule has 1 atom stereocenters. The molecule has 0 bridgehead atoms. The van der Waals surface area contributed by atoms with Gasteiger partial charge in [-0.1, -0.05) is 12.1 Å². The molecular formula is C22H27N3O5. The highest BCUT2D eigenvalue weighted by Crippen LogP contribution is 2.29. The first-order chi connectivity index (χ1) is 14.4. The van der Waals surface area contributed by atoms with Crippen molar-refractivity contribution in [2.75, 3.05) is 19.6 Å². The summed E-state index contributed by atoms with van der Waals surface area (Å²) in [5, 5.41) is 11.2. The standard InChI is InChI=1S/C22H27N3O5/c26-19-6-5-18(21(29)23-19)25-12-16-11-15(3-4-17(16)22(25)30)2-1-14-7-9-24(10-8-14)13-20(27)28/h3-4,11,14,18H,1-2,5-10,12-13H2,(H,27,28)(H,23,26,29). The fourth-order valence-electron chi connectivity index (χ4n) is 4.78. The third kappa shape index (κ3) is 4.38. The van der Waals surface area contributed by atoms with Gasteiger partial charge in [-0.2, -0.15) is 0 Å². The predicted octanol–water partition coefficient (Wildman–Crippen LogP) is 1.18. The number of benzene rings is 1. The van der Waals surface area contributed by atoms with Gasteiger partial charge in [-0.25, -0.2) is 0 Å². The zero-order chi connectivity index (χ0) is 21.3. The van der Waals surface area contributed by atoms with Crippen LogP contribution in [0.4, 0.5) is 0 Å². The van der Waals surface area contributed by atoms with Gasteiger partial charge in [0.25, 0.3) is 5.91 Å². The minimum atomic E-state index is -0.771. The van der Waals surface area contributed by atoms with E-state index in [0.29, 0.717) is 24.4 Å². The Hall–Kier alpha value is -2.74. The van der Waals surface area contributed by atoms with Crippen molar-refractivity contribution in [3.63, 3.8) is 0 Å². The summed E-state index contributed by atoms with van der Waals surface area (Å²) in [5.41, 5.74) is 2.77. The minimum absolute atomic E-state index is 0.120. The molecule has 3 heterocycles. The first-order valence-corrected chi connectivity index (χ1v) is 10.6. The lowest BCUT2D eigenvalue weighted by Crippen LogP contribution is -2.52. The highest BCUT2D eigenvalue weighted by atomic mass is 16.4. The van der Waals surface area contributed by atoms with Crippen LogP contribution in [0.2, 0.25) is 0 Å². The molecule has 1 unspecified atom stereocenters. The van der Waals surface area contributed by atoms with Crippen molar-refractivity contribution in [1.82, 2.24) is 15.1 Å². The number of fused-ring (bicyclic) bond motifs is 1. The molecule has 0 spiro atoms. The zero-order valence-corrected chi connectivity index (χ0v) is 16.9. The van der Waals surface area contributed by atoms with Crippen LogP contribution in [0.1, 0.15) is 53.6 Å². The Morgan fingerprint density at radius 3 is 2.60 bits per heavy atom. The molecular weight excluding hydrogens is 386 g/mol. The molecule has 8 nitrogen and oxygen atoms in total. The Balaban J connectivity index is 1.33. The lowest BCUT2D eigenvalue weighted by molar-refractivity contribution is -0.139. The average Bonchev–Trinajstić information content (AvgIpc) is 3.03. The number of nitrogens with zero attached hydrogens (tertiary/aromatic N) is 2. The van der Waals surface area contributed by atoms with Gasteiger partial charge in [0.2, 0.25) is 11.8 Å². The molecule has 4 rings (SSSR count). The smallest absolute Gasteiger partial charge is 0.317 e. The van der Waals surface area contributed by atoms with Gasteiger partial charge in [-0.15, -0.1) is 0 Å². The monoisotopic (exact) mass is 413 g/mol. The van der Waals surface area contributed by atoms with E-state index in [1.165, 1.54) is 5.56 Å². The molecule has 30 heavy (non-hydrogen) atoms. The molecule has 2 saturated heterocycles. The third-order valence-corrected chi connectivity index (χ3v) is 6.50. The maximum atomic E-state index is 12.8. The number of carboxylic acid groups (broad SMARTS) is 1. The number of carbonyl (C=O) groups excluding carboxylic acids is 3. The zero-order valence-electron chi connectivity index (χ0n) is 16.9. The van der Waals surface area contributed by atoms with Crippen molar-refractivity contribution < 1.29 is 24.3 Å². The van der Waals surface area contributed by atoms with Crippen LogP contribution in [0, 0.1) is 5.92 Å². The topological polar surface area (TPSA) is 107 Å². The Labute approximate surface area is 175 Å². The molecule has 2 N–H and O–H groups in total. The number of nitrogens with one attached hydrogen (secondary N) is 1. The van der Waals surface area contributed by atoms with E-state index < -0.39 is 12.0 Å². The summed E-state index contributed by atoms with van der Waals surface area (Å²) in [6, 6.07) is 5.33. The second-order valence-electron chi connectivity index (χ2n) is 8.54. The molecule has 8 heteroatoms. The summed E-state index contributed by atoms with van der Waals surface area (Å²) in [5.74, 6) is -0.993. The number of hydrogen-bond donors (Lipinski definition) is 2. The van der Waals surface area contributed by atoms with Gasteiger partial charge in [-0.05, 0) is 68.3 Å². The van der Waals surface area contributed by atoms with Gasteiger partial charge in [0.1, 0.15) is 6.04 Å². The van der Waals surface area contributed by atoms with Crippen LogP contribution >= 0.6 is 0 Å². The molecule has 0 saturated carbocycles. The maximum Gasteiger partial charge on any atom is 0.317 e. The highest BCUT2D eigenvalue weighted by molar-refractivity contribution is 6.05. The van der Waals surface area contributed by atoms with Gasteiger partial charge < -0.3 is 10.0 Å². The van der Waals surface area contributed by atoms with Crippen molar-refractivity contribution >= 4 is 23.7 Å². The lowest BCUT2D eigenvalue weighted by Gasteiger charge is -2.30. The fraction of sp³-hybridized carbons (Fsp3) is 0.545. The van der Waals surface area contributed by atoms with E-state index >= 15 is 0 Å². The lowest BCUT2D eigenvalue weighted by atomic mass is 9.90. The highest BCUT2D eigenvalue weighted by Gasteiger charge is 2.39. The van der Waals surface area contributed by atoms with E-state index in [0.717, 1.165) is 44.3 Å². The van der Waals surface area contributed by atoms with Gasteiger partial charge in [0.15, 0.2) is 0 Å². The van der Waals surface area contributed by atoms with E-state index in [1.807, 2.05) is 17.0 Å². The van der Waals surface area contributed by atoms with Crippen LogP contribution in [-0.4, -0.2) is 64.3 Å². The normalized spacial score (nSPS) is 22.9. The number of aliphatic carboxylic acids is 1. The first kappa shape index (κ1) is 20.5. The molecule has 1 aromatic rings. The largest absolute Gasteiger partial charge is 0.480 e. The number of hydrogen-bond acceptors (Lipinski definition) is 5. The van der Waals surface area contributed by atoms with E-state index in [1.54, 1.807) is 4.90 Å². The predicted molar refractivity (Wildman–Crippen MR) is 108 cm³/mol. The van der Waals surface area contributed by atoms with Crippen LogP contribution in [0.3, 0.4) is 0 Å². The molecule has 0 radical (unpaired) electrons. The number of carbonyl (C=O) groups is 4. The Morgan fingerprint density at radius 2 is 1.90 bits per heavy atom.